The Balaban J connectivity index is 1.80. The van der Waals surface area contributed by atoms with Gasteiger partial charge in [-0.1, -0.05) is 13.3 Å². The molecule has 1 saturated heterocycles. The van der Waals surface area contributed by atoms with Crippen molar-refractivity contribution in [1.82, 2.24) is 5.32 Å². The minimum atomic E-state index is -0.0796. The van der Waals surface area contributed by atoms with Crippen molar-refractivity contribution in [3.63, 3.8) is 0 Å². The predicted octanol–water partition coefficient (Wildman–Crippen LogP) is 2.14. The van der Waals surface area contributed by atoms with Crippen molar-refractivity contribution in [2.24, 2.45) is 0 Å². The highest BCUT2D eigenvalue weighted by atomic mass is 16.2. The van der Waals surface area contributed by atoms with E-state index in [1.165, 1.54) is 0 Å². The lowest BCUT2D eigenvalue weighted by Gasteiger charge is -2.33. The van der Waals surface area contributed by atoms with E-state index >= 15 is 0 Å². The highest BCUT2D eigenvalue weighted by molar-refractivity contribution is 6.06. The SMILES string of the molecule is CCCCNC(=O)c1ccc2c(c1)NC(=O)[C@H]1CCCN21. The summed E-state index contributed by atoms with van der Waals surface area (Å²) in [7, 11) is 0. The van der Waals surface area contributed by atoms with Gasteiger partial charge in [-0.2, -0.15) is 0 Å². The zero-order chi connectivity index (χ0) is 14.8. The Labute approximate surface area is 124 Å². The van der Waals surface area contributed by atoms with Gasteiger partial charge in [0.25, 0.3) is 5.91 Å². The molecule has 3 rings (SSSR count). The van der Waals surface area contributed by atoms with Crippen LogP contribution in [0.15, 0.2) is 18.2 Å². The fourth-order valence-electron chi connectivity index (χ4n) is 3.05. The van der Waals surface area contributed by atoms with E-state index < -0.39 is 0 Å². The molecule has 2 aliphatic rings. The molecule has 0 saturated carbocycles. The first-order chi connectivity index (χ1) is 10.2. The van der Waals surface area contributed by atoms with Crippen LogP contribution in [0.2, 0.25) is 0 Å². The van der Waals surface area contributed by atoms with Gasteiger partial charge in [0.15, 0.2) is 0 Å². The Morgan fingerprint density at radius 3 is 3.14 bits per heavy atom. The molecule has 1 fully saturated rings. The van der Waals surface area contributed by atoms with E-state index in [0.29, 0.717) is 12.1 Å². The number of amides is 2. The highest BCUT2D eigenvalue weighted by Gasteiger charge is 2.36. The quantitative estimate of drug-likeness (QED) is 0.834. The lowest BCUT2D eigenvalue weighted by atomic mass is 10.1. The molecule has 0 spiro atoms. The van der Waals surface area contributed by atoms with Crippen LogP contribution in [0.3, 0.4) is 0 Å². The lowest BCUT2D eigenvalue weighted by molar-refractivity contribution is -0.117. The molecule has 2 N–H and O–H groups in total. The van der Waals surface area contributed by atoms with E-state index in [0.717, 1.165) is 43.6 Å². The third kappa shape index (κ3) is 2.60. The lowest BCUT2D eigenvalue weighted by Crippen LogP contribution is -2.44. The number of hydrogen-bond acceptors (Lipinski definition) is 3. The Morgan fingerprint density at radius 2 is 2.33 bits per heavy atom. The summed E-state index contributed by atoms with van der Waals surface area (Å²) in [5.41, 5.74) is 2.38. The van der Waals surface area contributed by atoms with E-state index in [1.807, 2.05) is 12.1 Å². The van der Waals surface area contributed by atoms with Gasteiger partial charge in [-0.3, -0.25) is 9.59 Å². The Morgan fingerprint density at radius 1 is 1.48 bits per heavy atom. The van der Waals surface area contributed by atoms with Crippen molar-refractivity contribution in [3.05, 3.63) is 23.8 Å². The number of hydrogen-bond donors (Lipinski definition) is 2. The minimum Gasteiger partial charge on any atom is -0.358 e. The van der Waals surface area contributed by atoms with Crippen molar-refractivity contribution in [2.45, 2.75) is 38.6 Å². The molecule has 0 aromatic heterocycles. The molecular formula is C16H21N3O2. The topological polar surface area (TPSA) is 61.4 Å². The first kappa shape index (κ1) is 13.9. The van der Waals surface area contributed by atoms with Gasteiger partial charge in [-0.15, -0.1) is 0 Å². The summed E-state index contributed by atoms with van der Waals surface area (Å²) < 4.78 is 0. The number of carbonyl (C=O) groups excluding carboxylic acids is 2. The first-order valence-corrected chi connectivity index (χ1v) is 7.70. The largest absolute Gasteiger partial charge is 0.358 e. The maximum atomic E-state index is 12.1. The molecule has 112 valence electrons. The van der Waals surface area contributed by atoms with Crippen LogP contribution in [0.4, 0.5) is 11.4 Å². The number of nitrogens with one attached hydrogen (secondary N) is 2. The standard InChI is InChI=1S/C16H21N3O2/c1-2-3-8-17-15(20)11-6-7-13-12(10-11)18-16(21)14-5-4-9-19(13)14/h6-7,10,14H,2-5,8-9H2,1H3,(H,17,20)(H,18,21)/t14-/m1/s1. The Kier molecular flexibility index (Phi) is 3.82. The number of nitrogens with zero attached hydrogens (tertiary/aromatic N) is 1. The molecule has 0 unspecified atom stereocenters. The van der Waals surface area contributed by atoms with Crippen LogP contribution in [0.1, 0.15) is 43.0 Å². The van der Waals surface area contributed by atoms with Gasteiger partial charge in [0.1, 0.15) is 6.04 Å². The molecule has 5 nitrogen and oxygen atoms in total. The molecule has 2 heterocycles. The van der Waals surface area contributed by atoms with Crippen LogP contribution in [0.5, 0.6) is 0 Å². The van der Waals surface area contributed by atoms with Gasteiger partial charge < -0.3 is 15.5 Å². The first-order valence-electron chi connectivity index (χ1n) is 7.70. The molecule has 1 aromatic rings. The fourth-order valence-corrected chi connectivity index (χ4v) is 3.05. The van der Waals surface area contributed by atoms with Crippen LogP contribution in [-0.2, 0) is 4.79 Å². The van der Waals surface area contributed by atoms with Gasteiger partial charge in [0.2, 0.25) is 5.91 Å². The maximum absolute atomic E-state index is 12.1. The number of rotatable bonds is 4. The Hall–Kier alpha value is -2.04. The fraction of sp³-hybridized carbons (Fsp3) is 0.500. The molecule has 1 atom stereocenters. The van der Waals surface area contributed by atoms with Gasteiger partial charge in [-0.05, 0) is 37.5 Å². The molecule has 2 aliphatic heterocycles. The second kappa shape index (κ2) is 5.76. The predicted molar refractivity (Wildman–Crippen MR) is 82.7 cm³/mol. The number of unbranched alkanes of at least 4 members (excludes halogenated alkanes) is 1. The molecule has 0 bridgehead atoms. The third-order valence-electron chi connectivity index (χ3n) is 4.20. The average Bonchev–Trinajstić information content (AvgIpc) is 2.97. The maximum Gasteiger partial charge on any atom is 0.251 e. The van der Waals surface area contributed by atoms with Crippen molar-refractivity contribution in [1.29, 1.82) is 0 Å². The number of carbonyl (C=O) groups is 2. The van der Waals surface area contributed by atoms with Crippen LogP contribution >= 0.6 is 0 Å². The second-order valence-corrected chi connectivity index (χ2v) is 5.68. The van der Waals surface area contributed by atoms with Gasteiger partial charge >= 0.3 is 0 Å². The summed E-state index contributed by atoms with van der Waals surface area (Å²) in [4.78, 5) is 26.3. The minimum absolute atomic E-state index is 0.0401. The van der Waals surface area contributed by atoms with Gasteiger partial charge in [0, 0.05) is 18.7 Å². The van der Waals surface area contributed by atoms with Crippen LogP contribution < -0.4 is 15.5 Å². The van der Waals surface area contributed by atoms with E-state index in [1.54, 1.807) is 6.07 Å². The van der Waals surface area contributed by atoms with Crippen LogP contribution in [0, 0.1) is 0 Å². The summed E-state index contributed by atoms with van der Waals surface area (Å²) in [6, 6.07) is 5.53. The molecule has 21 heavy (non-hydrogen) atoms. The molecule has 5 heteroatoms. The summed E-state index contributed by atoms with van der Waals surface area (Å²) in [6.45, 7) is 3.69. The molecule has 1 aromatic carbocycles. The van der Waals surface area contributed by atoms with E-state index in [4.69, 9.17) is 0 Å². The van der Waals surface area contributed by atoms with Crippen molar-refractivity contribution in [2.75, 3.05) is 23.3 Å². The summed E-state index contributed by atoms with van der Waals surface area (Å²) in [5, 5.41) is 5.83. The van der Waals surface area contributed by atoms with E-state index in [2.05, 4.69) is 22.5 Å². The van der Waals surface area contributed by atoms with Crippen LogP contribution in [0.25, 0.3) is 0 Å². The number of anilines is 2. The van der Waals surface area contributed by atoms with Crippen LogP contribution in [-0.4, -0.2) is 30.9 Å². The summed E-state index contributed by atoms with van der Waals surface area (Å²) in [6.07, 6.45) is 3.97. The molecule has 0 aliphatic carbocycles. The smallest absolute Gasteiger partial charge is 0.251 e. The zero-order valence-electron chi connectivity index (χ0n) is 12.3. The normalized spacial score (nSPS) is 19.8. The highest BCUT2D eigenvalue weighted by Crippen LogP contribution is 2.37. The second-order valence-electron chi connectivity index (χ2n) is 5.68. The van der Waals surface area contributed by atoms with E-state index in [-0.39, 0.29) is 17.9 Å². The Bertz CT molecular complexity index is 571. The number of benzene rings is 1. The van der Waals surface area contributed by atoms with Gasteiger partial charge in [0.05, 0.1) is 11.4 Å². The average molecular weight is 287 g/mol. The molecule has 2 amide bonds. The number of fused-ring (bicyclic) bond motifs is 3. The molecular weight excluding hydrogens is 266 g/mol. The molecule has 0 radical (unpaired) electrons. The summed E-state index contributed by atoms with van der Waals surface area (Å²) >= 11 is 0. The zero-order valence-corrected chi connectivity index (χ0v) is 12.3. The van der Waals surface area contributed by atoms with Gasteiger partial charge in [-0.25, -0.2) is 0 Å². The van der Waals surface area contributed by atoms with Crippen molar-refractivity contribution >= 4 is 23.2 Å². The third-order valence-corrected chi connectivity index (χ3v) is 4.20. The van der Waals surface area contributed by atoms with Crippen molar-refractivity contribution < 1.29 is 9.59 Å². The summed E-state index contributed by atoms with van der Waals surface area (Å²) in [5.74, 6) is -0.0346. The monoisotopic (exact) mass is 287 g/mol. The van der Waals surface area contributed by atoms with E-state index in [9.17, 15) is 9.59 Å². The van der Waals surface area contributed by atoms with Crippen molar-refractivity contribution in [3.8, 4) is 0 Å².